The van der Waals surface area contributed by atoms with E-state index in [1.54, 1.807) is 0 Å². The van der Waals surface area contributed by atoms with Crippen LogP contribution >= 0.6 is 12.4 Å². The SMILES string of the molecule is CCCCN1C(=O)C(CC(C)C)NC(=O)C12CCN(Cc1ccc3c(c1)OCO3)CC2.Cl. The molecule has 0 bridgehead atoms. The van der Waals surface area contributed by atoms with Gasteiger partial charge >= 0.3 is 0 Å². The fraction of sp³-hybridized carbons (Fsp3) is 0.667. The summed E-state index contributed by atoms with van der Waals surface area (Å²) in [6.45, 7) is 9.62. The Bertz CT molecular complexity index is 823. The summed E-state index contributed by atoms with van der Waals surface area (Å²) in [5.41, 5.74) is 0.467. The van der Waals surface area contributed by atoms with E-state index < -0.39 is 5.54 Å². The normalized spacial score (nSPS) is 22.2. The zero-order valence-corrected chi connectivity index (χ0v) is 20.2. The highest BCUT2D eigenvalue weighted by Crippen LogP contribution is 2.36. The molecule has 2 saturated heterocycles. The highest BCUT2D eigenvalue weighted by Gasteiger charge is 2.53. The molecule has 3 heterocycles. The second-order valence-corrected chi connectivity index (χ2v) is 9.49. The molecule has 178 valence electrons. The third-order valence-corrected chi connectivity index (χ3v) is 6.78. The van der Waals surface area contributed by atoms with E-state index in [9.17, 15) is 9.59 Å². The number of nitrogens with one attached hydrogen (secondary N) is 1. The summed E-state index contributed by atoms with van der Waals surface area (Å²) in [6, 6.07) is 5.67. The number of ether oxygens (including phenoxy) is 2. The summed E-state index contributed by atoms with van der Waals surface area (Å²) in [6.07, 6.45) is 3.97. The van der Waals surface area contributed by atoms with Gasteiger partial charge in [-0.2, -0.15) is 0 Å². The highest BCUT2D eigenvalue weighted by molar-refractivity contribution is 6.00. The molecule has 1 unspecified atom stereocenters. The molecule has 1 aromatic rings. The second kappa shape index (κ2) is 10.3. The topological polar surface area (TPSA) is 71.1 Å². The maximum absolute atomic E-state index is 13.3. The monoisotopic (exact) mass is 465 g/mol. The van der Waals surface area contributed by atoms with Gasteiger partial charge in [-0.3, -0.25) is 14.5 Å². The molecule has 8 heteroatoms. The van der Waals surface area contributed by atoms with Crippen LogP contribution in [0.15, 0.2) is 18.2 Å². The van der Waals surface area contributed by atoms with Crippen molar-refractivity contribution in [3.05, 3.63) is 23.8 Å². The van der Waals surface area contributed by atoms with Crippen LogP contribution < -0.4 is 14.8 Å². The Kier molecular flexibility index (Phi) is 7.93. The second-order valence-electron chi connectivity index (χ2n) is 9.49. The molecule has 1 atom stereocenters. The largest absolute Gasteiger partial charge is 0.454 e. The van der Waals surface area contributed by atoms with E-state index in [1.807, 2.05) is 17.0 Å². The van der Waals surface area contributed by atoms with Crippen molar-refractivity contribution in [2.75, 3.05) is 26.4 Å². The van der Waals surface area contributed by atoms with Crippen molar-refractivity contribution in [1.29, 1.82) is 0 Å². The molecule has 32 heavy (non-hydrogen) atoms. The van der Waals surface area contributed by atoms with Crippen molar-refractivity contribution in [1.82, 2.24) is 15.1 Å². The predicted molar refractivity (Wildman–Crippen MR) is 125 cm³/mol. The number of halogens is 1. The van der Waals surface area contributed by atoms with Gasteiger partial charge in [0.25, 0.3) is 0 Å². The number of fused-ring (bicyclic) bond motifs is 1. The van der Waals surface area contributed by atoms with Gasteiger partial charge in [-0.05, 0) is 49.3 Å². The lowest BCUT2D eigenvalue weighted by molar-refractivity contribution is -0.161. The van der Waals surface area contributed by atoms with Gasteiger partial charge in [0, 0.05) is 26.2 Å². The number of benzene rings is 1. The first-order valence-electron chi connectivity index (χ1n) is 11.7. The smallest absolute Gasteiger partial charge is 0.246 e. The van der Waals surface area contributed by atoms with Gasteiger partial charge in [0.05, 0.1) is 0 Å². The number of nitrogens with zero attached hydrogens (tertiary/aromatic N) is 2. The minimum atomic E-state index is -0.703. The summed E-state index contributed by atoms with van der Waals surface area (Å²) >= 11 is 0. The summed E-state index contributed by atoms with van der Waals surface area (Å²) in [5.74, 6) is 2.09. The highest BCUT2D eigenvalue weighted by atomic mass is 35.5. The van der Waals surface area contributed by atoms with Gasteiger partial charge in [-0.15, -0.1) is 12.4 Å². The minimum absolute atomic E-state index is 0. The molecule has 1 aromatic carbocycles. The Hall–Kier alpha value is -1.99. The molecule has 0 saturated carbocycles. The third-order valence-electron chi connectivity index (χ3n) is 6.78. The Labute approximate surface area is 197 Å². The molecule has 1 spiro atoms. The van der Waals surface area contributed by atoms with E-state index in [4.69, 9.17) is 9.47 Å². The van der Waals surface area contributed by atoms with Crippen LogP contribution in [-0.4, -0.2) is 59.6 Å². The van der Waals surface area contributed by atoms with E-state index >= 15 is 0 Å². The summed E-state index contributed by atoms with van der Waals surface area (Å²) in [4.78, 5) is 31.0. The number of hydrogen-bond acceptors (Lipinski definition) is 5. The standard InChI is InChI=1S/C24H35N3O4.ClH/c1-4-5-10-27-22(28)19(13-17(2)3)25-23(29)24(27)8-11-26(12-9-24)15-18-6-7-20-21(14-18)31-16-30-20;/h6-7,14,17,19H,4-5,8-13,15-16H2,1-3H3,(H,25,29);1H. The summed E-state index contributed by atoms with van der Waals surface area (Å²) < 4.78 is 10.9. The Balaban J connectivity index is 0.00000289. The average molecular weight is 466 g/mol. The molecule has 0 aliphatic carbocycles. The van der Waals surface area contributed by atoms with E-state index in [0.29, 0.717) is 31.7 Å². The van der Waals surface area contributed by atoms with Crippen molar-refractivity contribution in [3.8, 4) is 11.5 Å². The number of unbranched alkanes of at least 4 members (excludes halogenated alkanes) is 1. The minimum Gasteiger partial charge on any atom is -0.454 e. The number of carbonyl (C=O) groups excluding carboxylic acids is 2. The van der Waals surface area contributed by atoms with Crippen LogP contribution in [0.25, 0.3) is 0 Å². The molecule has 4 rings (SSSR count). The maximum Gasteiger partial charge on any atom is 0.246 e. The van der Waals surface area contributed by atoms with Gasteiger partial charge in [0.1, 0.15) is 11.6 Å². The molecular formula is C24H36ClN3O4. The zero-order chi connectivity index (χ0) is 22.0. The average Bonchev–Trinajstić information content (AvgIpc) is 3.21. The van der Waals surface area contributed by atoms with Crippen molar-refractivity contribution in [2.24, 2.45) is 5.92 Å². The molecule has 0 radical (unpaired) electrons. The first-order chi connectivity index (χ1) is 14.9. The number of piperidine rings is 1. The third kappa shape index (κ3) is 4.84. The van der Waals surface area contributed by atoms with Gasteiger partial charge in [0.2, 0.25) is 18.6 Å². The van der Waals surface area contributed by atoms with Crippen LogP contribution in [-0.2, 0) is 16.1 Å². The maximum atomic E-state index is 13.3. The molecule has 2 fully saturated rings. The van der Waals surface area contributed by atoms with Crippen LogP contribution in [0.3, 0.4) is 0 Å². The Morgan fingerprint density at radius 1 is 1.16 bits per heavy atom. The van der Waals surface area contributed by atoms with Gasteiger partial charge < -0.3 is 19.7 Å². The van der Waals surface area contributed by atoms with Crippen LogP contribution in [0.5, 0.6) is 11.5 Å². The Morgan fingerprint density at radius 2 is 1.88 bits per heavy atom. The lowest BCUT2D eigenvalue weighted by Crippen LogP contribution is -2.73. The quantitative estimate of drug-likeness (QED) is 0.668. The fourth-order valence-corrected chi connectivity index (χ4v) is 5.02. The van der Waals surface area contributed by atoms with Gasteiger partial charge in [-0.1, -0.05) is 33.3 Å². The number of piperazine rings is 1. The number of carbonyl (C=O) groups is 2. The Morgan fingerprint density at radius 3 is 2.56 bits per heavy atom. The number of amides is 2. The van der Waals surface area contributed by atoms with E-state index in [2.05, 4.69) is 37.1 Å². The molecule has 0 aromatic heterocycles. The molecular weight excluding hydrogens is 430 g/mol. The summed E-state index contributed by atoms with van der Waals surface area (Å²) in [5, 5.41) is 3.08. The van der Waals surface area contributed by atoms with E-state index in [0.717, 1.165) is 44.0 Å². The van der Waals surface area contributed by atoms with Crippen LogP contribution in [0.1, 0.15) is 58.4 Å². The van der Waals surface area contributed by atoms with Gasteiger partial charge in [0.15, 0.2) is 11.5 Å². The molecule has 2 amide bonds. The zero-order valence-electron chi connectivity index (χ0n) is 19.4. The van der Waals surface area contributed by atoms with Crippen LogP contribution in [0.4, 0.5) is 0 Å². The van der Waals surface area contributed by atoms with Crippen molar-refractivity contribution in [3.63, 3.8) is 0 Å². The first kappa shape index (κ1) is 24.6. The van der Waals surface area contributed by atoms with E-state index in [1.165, 1.54) is 5.56 Å². The van der Waals surface area contributed by atoms with E-state index in [-0.39, 0.29) is 37.1 Å². The summed E-state index contributed by atoms with van der Waals surface area (Å²) in [7, 11) is 0. The van der Waals surface area contributed by atoms with Crippen molar-refractivity contribution >= 4 is 24.2 Å². The first-order valence-corrected chi connectivity index (χ1v) is 11.7. The lowest BCUT2D eigenvalue weighted by atomic mass is 9.80. The number of rotatable bonds is 7. The lowest BCUT2D eigenvalue weighted by Gasteiger charge is -2.52. The predicted octanol–water partition coefficient (Wildman–Crippen LogP) is 3.34. The van der Waals surface area contributed by atoms with Crippen molar-refractivity contribution in [2.45, 2.75) is 71.0 Å². The van der Waals surface area contributed by atoms with Gasteiger partial charge in [-0.25, -0.2) is 0 Å². The number of hydrogen-bond donors (Lipinski definition) is 1. The number of likely N-dealkylation sites (tertiary alicyclic amines) is 1. The molecule has 3 aliphatic rings. The molecule has 1 N–H and O–H groups in total. The van der Waals surface area contributed by atoms with Crippen LogP contribution in [0, 0.1) is 5.92 Å². The molecule has 3 aliphatic heterocycles. The molecule has 7 nitrogen and oxygen atoms in total. The van der Waals surface area contributed by atoms with Crippen molar-refractivity contribution < 1.29 is 19.1 Å². The van der Waals surface area contributed by atoms with Crippen LogP contribution in [0.2, 0.25) is 0 Å². The fourth-order valence-electron chi connectivity index (χ4n) is 5.02.